The molecule has 0 heterocycles. The van der Waals surface area contributed by atoms with E-state index in [-0.39, 0.29) is 39.6 Å². The van der Waals surface area contributed by atoms with Crippen LogP contribution in [-0.2, 0) is 50.6 Å². The molecule has 0 radical (unpaired) electrons. The van der Waals surface area contributed by atoms with E-state index in [1.54, 1.807) is 0 Å². The van der Waals surface area contributed by atoms with Crippen LogP contribution in [0.25, 0.3) is 0 Å². The van der Waals surface area contributed by atoms with Crippen LogP contribution in [0.4, 0.5) is 9.59 Å². The van der Waals surface area contributed by atoms with E-state index < -0.39 is 38.0 Å². The summed E-state index contributed by atoms with van der Waals surface area (Å²) in [5, 5.41) is 20.4. The van der Waals surface area contributed by atoms with Crippen LogP contribution in [0.2, 0.25) is 0 Å². The highest BCUT2D eigenvalue weighted by Gasteiger charge is 2.31. The average molecular weight is 680 g/mol. The lowest BCUT2D eigenvalue weighted by molar-refractivity contribution is -0.141. The van der Waals surface area contributed by atoms with Gasteiger partial charge in [-0.2, -0.15) is 0 Å². The molecule has 0 saturated carbocycles. The van der Waals surface area contributed by atoms with E-state index in [2.05, 4.69) is 5.09 Å². The Balaban J connectivity index is 1.79. The summed E-state index contributed by atoms with van der Waals surface area (Å²) in [6.45, 7) is 2.04. The van der Waals surface area contributed by atoms with Crippen molar-refractivity contribution in [1.29, 1.82) is 5.41 Å². The first kappa shape index (κ1) is 39.1. The summed E-state index contributed by atoms with van der Waals surface area (Å²) in [6.07, 6.45) is 1.46. The fraction of sp³-hybridized carbons (Fsp3) is 0.500. The number of hydrogen-bond acceptors (Lipinski definition) is 11. The highest BCUT2D eigenvalue weighted by molar-refractivity contribution is 7.52. The largest absolute Gasteiger partial charge is 0.508 e. The van der Waals surface area contributed by atoms with Crippen molar-refractivity contribution in [2.24, 2.45) is 0 Å². The molecule has 2 aromatic carbocycles. The number of unbranched alkanes of at least 4 members (excludes halogenated alkanes) is 3. The predicted octanol–water partition coefficient (Wildman–Crippen LogP) is 6.49. The molecule has 0 aliphatic carbocycles. The second-order valence-electron chi connectivity index (χ2n) is 10.4. The first-order valence-electron chi connectivity index (χ1n) is 15.5. The number of carboxylic acid groups (broad SMARTS) is 1. The number of likely N-dealkylation sites (N-methyl/N-ethyl adjacent to an activating group) is 1. The SMILES string of the molecule is CCCCC(C(=O)O)N(C)C(=N)NP(=O)(OCCCCOC(=O)OCc1ccccc1)OCCCCOC(=O)OCc1ccccc1. The van der Waals surface area contributed by atoms with Crippen LogP contribution < -0.4 is 5.09 Å². The molecule has 0 aliphatic rings. The summed E-state index contributed by atoms with van der Waals surface area (Å²) in [6, 6.07) is 17.3. The number of carbonyl (C=O) groups is 3. The Morgan fingerprint density at radius 3 is 1.64 bits per heavy atom. The van der Waals surface area contributed by atoms with Gasteiger partial charge in [0.15, 0.2) is 0 Å². The van der Waals surface area contributed by atoms with Crippen molar-refractivity contribution >= 4 is 32.0 Å². The molecule has 0 aromatic heterocycles. The van der Waals surface area contributed by atoms with Gasteiger partial charge in [0.1, 0.15) is 19.3 Å². The Morgan fingerprint density at radius 1 is 0.766 bits per heavy atom. The minimum absolute atomic E-state index is 0.0413. The van der Waals surface area contributed by atoms with Crippen LogP contribution >= 0.6 is 7.75 Å². The van der Waals surface area contributed by atoms with E-state index in [9.17, 15) is 24.1 Å². The van der Waals surface area contributed by atoms with Crippen molar-refractivity contribution in [3.63, 3.8) is 0 Å². The van der Waals surface area contributed by atoms with Gasteiger partial charge in [-0.1, -0.05) is 80.4 Å². The van der Waals surface area contributed by atoms with Crippen LogP contribution in [0.3, 0.4) is 0 Å². The Kier molecular flexibility index (Phi) is 18.6. The van der Waals surface area contributed by atoms with Crippen molar-refractivity contribution < 1.29 is 52.1 Å². The summed E-state index contributed by atoms with van der Waals surface area (Å²) in [5.41, 5.74) is 1.65. The predicted molar refractivity (Wildman–Crippen MR) is 173 cm³/mol. The molecule has 2 rings (SSSR count). The molecular weight excluding hydrogens is 633 g/mol. The van der Waals surface area contributed by atoms with E-state index in [1.165, 1.54) is 11.9 Å². The molecule has 0 saturated heterocycles. The molecule has 0 spiro atoms. The van der Waals surface area contributed by atoms with Crippen molar-refractivity contribution in [2.45, 2.75) is 71.1 Å². The number of rotatable bonds is 22. The maximum absolute atomic E-state index is 13.6. The standard InChI is InChI=1S/C32H46N3O11P/c1-3-4-19-28(29(36)37)35(2)30(33)34-47(40,45-22-13-11-20-41-31(38)43-24-26-15-7-5-8-16-26)46-23-14-12-21-42-32(39)44-25-27-17-9-6-10-18-27/h5-10,15-18,28H,3-4,11-14,19-25H2,1-2H3,(H,36,37)(H2,33,34,40). The Hall–Kier alpha value is -4.13. The number of benzene rings is 2. The van der Waals surface area contributed by atoms with E-state index in [1.807, 2.05) is 67.6 Å². The lowest BCUT2D eigenvalue weighted by Gasteiger charge is -2.29. The molecule has 14 nitrogen and oxygen atoms in total. The van der Waals surface area contributed by atoms with Gasteiger partial charge in [0.2, 0.25) is 5.96 Å². The van der Waals surface area contributed by atoms with Gasteiger partial charge in [-0.05, 0) is 43.2 Å². The smallest absolute Gasteiger partial charge is 0.480 e. The van der Waals surface area contributed by atoms with Crippen LogP contribution in [0.5, 0.6) is 0 Å². The molecule has 1 atom stereocenters. The second-order valence-corrected chi connectivity index (χ2v) is 12.1. The summed E-state index contributed by atoms with van der Waals surface area (Å²) < 4.78 is 44.9. The van der Waals surface area contributed by atoms with E-state index in [0.29, 0.717) is 38.5 Å². The molecule has 2 aromatic rings. The van der Waals surface area contributed by atoms with E-state index >= 15 is 0 Å². The lowest BCUT2D eigenvalue weighted by atomic mass is 10.1. The van der Waals surface area contributed by atoms with Gasteiger partial charge in [-0.25, -0.2) is 18.9 Å². The van der Waals surface area contributed by atoms with Crippen molar-refractivity contribution in [3.05, 3.63) is 71.8 Å². The van der Waals surface area contributed by atoms with Crippen LogP contribution in [0, 0.1) is 5.41 Å². The van der Waals surface area contributed by atoms with Crippen LogP contribution in [0.15, 0.2) is 60.7 Å². The molecule has 260 valence electrons. The normalized spacial score (nSPS) is 11.6. The van der Waals surface area contributed by atoms with Crippen molar-refractivity contribution in [2.75, 3.05) is 33.5 Å². The number of aliphatic carboxylic acids is 1. The molecular formula is C32H46N3O11P. The van der Waals surface area contributed by atoms with Crippen LogP contribution in [0.1, 0.15) is 63.0 Å². The van der Waals surface area contributed by atoms with E-state index in [4.69, 9.17) is 33.4 Å². The van der Waals surface area contributed by atoms with Gasteiger partial charge in [0, 0.05) is 7.05 Å². The molecule has 47 heavy (non-hydrogen) atoms. The number of nitrogens with zero attached hydrogens (tertiary/aromatic N) is 1. The van der Waals surface area contributed by atoms with Crippen LogP contribution in [-0.4, -0.2) is 73.8 Å². The summed E-state index contributed by atoms with van der Waals surface area (Å²) in [4.78, 5) is 36.6. The molecule has 15 heteroatoms. The minimum Gasteiger partial charge on any atom is -0.480 e. The van der Waals surface area contributed by atoms with Gasteiger partial charge in [-0.3, -0.25) is 19.5 Å². The zero-order valence-corrected chi connectivity index (χ0v) is 27.9. The van der Waals surface area contributed by atoms with Crippen molar-refractivity contribution in [1.82, 2.24) is 9.99 Å². The molecule has 0 bridgehead atoms. The number of guanidine groups is 1. The fourth-order valence-corrected chi connectivity index (χ4v) is 5.31. The van der Waals surface area contributed by atoms with Gasteiger partial charge in [0.25, 0.3) is 0 Å². The summed E-state index contributed by atoms with van der Waals surface area (Å²) >= 11 is 0. The minimum atomic E-state index is -4.12. The molecule has 0 amide bonds. The number of hydrogen-bond donors (Lipinski definition) is 3. The summed E-state index contributed by atoms with van der Waals surface area (Å²) in [5.74, 6) is -1.56. The molecule has 0 fully saturated rings. The first-order chi connectivity index (χ1) is 22.6. The fourth-order valence-electron chi connectivity index (χ4n) is 3.95. The third-order valence-electron chi connectivity index (χ3n) is 6.62. The maximum Gasteiger partial charge on any atom is 0.508 e. The number of nitrogens with one attached hydrogen (secondary N) is 2. The first-order valence-corrected chi connectivity index (χ1v) is 17.1. The molecule has 3 N–H and O–H groups in total. The third-order valence-corrected chi connectivity index (χ3v) is 8.15. The van der Waals surface area contributed by atoms with Gasteiger partial charge in [0.05, 0.1) is 26.4 Å². The topological polar surface area (TPSA) is 183 Å². The zero-order chi connectivity index (χ0) is 34.3. The quantitative estimate of drug-likeness (QED) is 0.0404. The second kappa shape index (κ2) is 22.4. The molecule has 1 unspecified atom stereocenters. The maximum atomic E-state index is 13.6. The monoisotopic (exact) mass is 679 g/mol. The average Bonchev–Trinajstić information content (AvgIpc) is 3.06. The Labute approximate surface area is 275 Å². The Morgan fingerprint density at radius 2 is 1.21 bits per heavy atom. The number of carbonyl (C=O) groups excluding carboxylic acids is 2. The zero-order valence-electron chi connectivity index (χ0n) is 27.0. The van der Waals surface area contributed by atoms with Gasteiger partial charge >= 0.3 is 26.0 Å². The summed E-state index contributed by atoms with van der Waals surface area (Å²) in [7, 11) is -2.71. The number of carboxylic acids is 1. The molecule has 0 aliphatic heterocycles. The highest BCUT2D eigenvalue weighted by Crippen LogP contribution is 2.44. The van der Waals surface area contributed by atoms with Gasteiger partial charge in [-0.15, -0.1) is 0 Å². The Bertz CT molecular complexity index is 1200. The lowest BCUT2D eigenvalue weighted by Crippen LogP contribution is -2.47. The van der Waals surface area contributed by atoms with Crippen molar-refractivity contribution in [3.8, 4) is 0 Å². The third kappa shape index (κ3) is 16.8. The number of ether oxygens (including phenoxy) is 4. The van der Waals surface area contributed by atoms with Gasteiger partial charge < -0.3 is 29.0 Å². The van der Waals surface area contributed by atoms with E-state index in [0.717, 1.165) is 17.5 Å². The highest BCUT2D eigenvalue weighted by atomic mass is 31.2.